The molecule has 0 bridgehead atoms. The molecule has 2 aromatic rings. The molecule has 11 heteroatoms. The summed E-state index contributed by atoms with van der Waals surface area (Å²) in [6.07, 6.45) is 0. The van der Waals surface area contributed by atoms with Crippen LogP contribution in [0.5, 0.6) is 0 Å². The Bertz CT molecular complexity index is 930. The van der Waals surface area contributed by atoms with Crippen LogP contribution in [0, 0.1) is 0 Å². The van der Waals surface area contributed by atoms with E-state index in [-0.39, 0.29) is 39.7 Å². The topological polar surface area (TPSA) is 68.3 Å². The number of sulfone groups is 1. The van der Waals surface area contributed by atoms with Crippen molar-refractivity contribution in [2.24, 2.45) is 0 Å². The number of benzene rings is 2. The molecule has 0 saturated heterocycles. The van der Waals surface area contributed by atoms with Gasteiger partial charge in [-0.2, -0.15) is 0 Å². The molecule has 2 aromatic carbocycles. The van der Waals surface area contributed by atoms with Crippen LogP contribution in [0.4, 0.5) is 0 Å². The highest BCUT2D eigenvalue weighted by molar-refractivity contribution is 7.91. The van der Waals surface area contributed by atoms with Crippen molar-refractivity contribution in [3.8, 4) is 0 Å². The zero-order chi connectivity index (χ0) is 17.5. The number of hydrogen-bond donors (Lipinski definition) is 2. The van der Waals surface area contributed by atoms with Crippen molar-refractivity contribution < 1.29 is 16.8 Å². The SMILES string of the molecule is O=[SH](=O)c1c(Cl)cc(S(=O)(=O)c2cc(Cl)c(S)c(Cl)c2)cc1Cl. The third-order valence-electron chi connectivity index (χ3n) is 2.78. The Kier molecular flexibility index (Phi) is 5.83. The van der Waals surface area contributed by atoms with Crippen molar-refractivity contribution in [2.75, 3.05) is 0 Å². The first-order chi connectivity index (χ1) is 10.6. The Morgan fingerprint density at radius 1 is 0.783 bits per heavy atom. The largest absolute Gasteiger partial charge is 0.227 e. The zero-order valence-electron chi connectivity index (χ0n) is 10.8. The predicted octanol–water partition coefficient (Wildman–Crippen LogP) is 4.39. The van der Waals surface area contributed by atoms with E-state index in [4.69, 9.17) is 46.4 Å². The van der Waals surface area contributed by atoms with Crippen LogP contribution in [0.3, 0.4) is 0 Å². The van der Waals surface area contributed by atoms with E-state index in [9.17, 15) is 16.8 Å². The Morgan fingerprint density at radius 2 is 1.13 bits per heavy atom. The van der Waals surface area contributed by atoms with Crippen LogP contribution in [0.15, 0.2) is 43.8 Å². The first kappa shape index (κ1) is 19.2. The number of thiol groups is 2. The second kappa shape index (κ2) is 7.00. The molecule has 0 amide bonds. The van der Waals surface area contributed by atoms with Crippen LogP contribution in [0.1, 0.15) is 0 Å². The van der Waals surface area contributed by atoms with Gasteiger partial charge in [0.15, 0.2) is 10.7 Å². The Hall–Kier alpha value is -0.150. The Balaban J connectivity index is 2.71. The molecular weight excluding hydrogens is 446 g/mol. The standard InChI is InChI=1S/C12H6Cl4O4S3/c13-7-1-5(2-8(14)11(7)21)23(19,20)6-3-9(15)12(22(17)18)10(16)4-6/h1-4,21-22H. The van der Waals surface area contributed by atoms with Crippen LogP contribution in [-0.2, 0) is 20.5 Å². The summed E-state index contributed by atoms with van der Waals surface area (Å²) in [7, 11) is -7.12. The molecule has 0 aromatic heterocycles. The van der Waals surface area contributed by atoms with Crippen molar-refractivity contribution >= 4 is 79.6 Å². The van der Waals surface area contributed by atoms with E-state index in [2.05, 4.69) is 12.6 Å². The summed E-state index contributed by atoms with van der Waals surface area (Å²) in [6.45, 7) is 0. The van der Waals surface area contributed by atoms with Gasteiger partial charge >= 0.3 is 0 Å². The molecule has 0 atom stereocenters. The monoisotopic (exact) mass is 450 g/mol. The van der Waals surface area contributed by atoms with Gasteiger partial charge in [-0.1, -0.05) is 46.4 Å². The van der Waals surface area contributed by atoms with Crippen LogP contribution >= 0.6 is 59.0 Å². The smallest absolute Gasteiger partial charge is 0.206 e. The van der Waals surface area contributed by atoms with Gasteiger partial charge in [-0.05, 0) is 24.3 Å². The minimum Gasteiger partial charge on any atom is -0.227 e. The van der Waals surface area contributed by atoms with Gasteiger partial charge in [0.25, 0.3) is 0 Å². The maximum absolute atomic E-state index is 12.6. The lowest BCUT2D eigenvalue weighted by atomic mass is 10.3. The third kappa shape index (κ3) is 3.76. The van der Waals surface area contributed by atoms with Gasteiger partial charge in [0.2, 0.25) is 9.84 Å². The van der Waals surface area contributed by atoms with E-state index in [1.54, 1.807) is 0 Å². The minimum atomic E-state index is -4.06. The highest BCUT2D eigenvalue weighted by Gasteiger charge is 2.23. The van der Waals surface area contributed by atoms with Crippen LogP contribution in [0.25, 0.3) is 0 Å². The molecule has 0 spiro atoms. The molecule has 124 valence electrons. The molecule has 0 N–H and O–H groups in total. The van der Waals surface area contributed by atoms with E-state index in [0.717, 1.165) is 12.1 Å². The fourth-order valence-electron chi connectivity index (χ4n) is 1.71. The van der Waals surface area contributed by atoms with E-state index < -0.39 is 20.5 Å². The molecule has 2 rings (SSSR count). The fourth-order valence-corrected chi connectivity index (χ4v) is 5.32. The average Bonchev–Trinajstić information content (AvgIpc) is 2.42. The lowest BCUT2D eigenvalue weighted by molar-refractivity contribution is 0.595. The van der Waals surface area contributed by atoms with Gasteiger partial charge in [0, 0.05) is 4.90 Å². The molecule has 0 radical (unpaired) electrons. The van der Waals surface area contributed by atoms with Crippen LogP contribution < -0.4 is 0 Å². The Morgan fingerprint density at radius 3 is 1.48 bits per heavy atom. The molecule has 0 aliphatic carbocycles. The molecule has 0 fully saturated rings. The van der Waals surface area contributed by atoms with Gasteiger partial charge in [0.1, 0.15) is 4.90 Å². The first-order valence-corrected chi connectivity index (χ1v) is 10.2. The summed E-state index contributed by atoms with van der Waals surface area (Å²) in [5.74, 6) is 0. The van der Waals surface area contributed by atoms with E-state index in [0.29, 0.717) is 0 Å². The summed E-state index contributed by atoms with van der Waals surface area (Å²) >= 11 is 27.4. The summed E-state index contributed by atoms with van der Waals surface area (Å²) in [4.78, 5) is -0.588. The van der Waals surface area contributed by atoms with Crippen molar-refractivity contribution in [3.05, 3.63) is 44.4 Å². The summed E-state index contributed by atoms with van der Waals surface area (Å²) < 4.78 is 47.4. The fraction of sp³-hybridized carbons (Fsp3) is 0. The normalized spacial score (nSPS) is 11.9. The quantitative estimate of drug-likeness (QED) is 0.679. The van der Waals surface area contributed by atoms with Crippen LogP contribution in [0.2, 0.25) is 20.1 Å². The lowest BCUT2D eigenvalue weighted by Gasteiger charge is -2.10. The van der Waals surface area contributed by atoms with Gasteiger partial charge in [-0.25, -0.2) is 16.8 Å². The van der Waals surface area contributed by atoms with E-state index in [1.165, 1.54) is 12.1 Å². The molecule has 0 heterocycles. The maximum Gasteiger partial charge on any atom is 0.206 e. The lowest BCUT2D eigenvalue weighted by Crippen LogP contribution is -2.03. The van der Waals surface area contributed by atoms with Gasteiger partial charge in [-0.15, -0.1) is 12.6 Å². The van der Waals surface area contributed by atoms with Crippen LogP contribution in [-0.4, -0.2) is 16.8 Å². The third-order valence-corrected chi connectivity index (χ3v) is 7.54. The number of halogens is 4. The van der Waals surface area contributed by atoms with E-state index >= 15 is 0 Å². The molecule has 0 saturated carbocycles. The summed E-state index contributed by atoms with van der Waals surface area (Å²) in [5.41, 5.74) is 0. The molecule has 0 aliphatic heterocycles. The summed E-state index contributed by atoms with van der Waals surface area (Å²) in [5, 5.41) is -0.489. The number of hydrogen-bond acceptors (Lipinski definition) is 5. The van der Waals surface area contributed by atoms with E-state index in [1.807, 2.05) is 0 Å². The van der Waals surface area contributed by atoms with Crippen molar-refractivity contribution in [3.63, 3.8) is 0 Å². The Labute approximate surface area is 159 Å². The van der Waals surface area contributed by atoms with Gasteiger partial charge in [0.05, 0.1) is 29.9 Å². The molecule has 0 unspecified atom stereocenters. The van der Waals surface area contributed by atoms with Crippen molar-refractivity contribution in [1.82, 2.24) is 0 Å². The predicted molar refractivity (Wildman–Crippen MR) is 94.2 cm³/mol. The molecule has 0 aliphatic rings. The van der Waals surface area contributed by atoms with Crippen molar-refractivity contribution in [1.29, 1.82) is 0 Å². The zero-order valence-corrected chi connectivity index (χ0v) is 16.4. The number of rotatable bonds is 3. The molecule has 4 nitrogen and oxygen atoms in total. The van der Waals surface area contributed by atoms with Crippen molar-refractivity contribution in [2.45, 2.75) is 19.6 Å². The molecule has 23 heavy (non-hydrogen) atoms. The summed E-state index contributed by atoms with van der Waals surface area (Å²) in [6, 6.07) is 4.35. The molecular formula is C12H6Cl4O4S3. The second-order valence-corrected chi connectivity index (χ2v) is 9.22. The second-order valence-electron chi connectivity index (χ2n) is 4.23. The minimum absolute atomic E-state index is 0.0517. The average molecular weight is 452 g/mol. The highest BCUT2D eigenvalue weighted by atomic mass is 35.5. The highest BCUT2D eigenvalue weighted by Crippen LogP contribution is 2.36. The van der Waals surface area contributed by atoms with Gasteiger partial charge < -0.3 is 0 Å². The first-order valence-electron chi connectivity index (χ1n) is 5.62. The van der Waals surface area contributed by atoms with Gasteiger partial charge in [-0.3, -0.25) is 0 Å². The maximum atomic E-state index is 12.6.